The highest BCUT2D eigenvalue weighted by molar-refractivity contribution is 5.57. The summed E-state index contributed by atoms with van der Waals surface area (Å²) in [5, 5.41) is 3.20. The molecule has 0 saturated heterocycles. The van der Waals surface area contributed by atoms with Gasteiger partial charge in [-0.2, -0.15) is 13.2 Å². The first-order chi connectivity index (χ1) is 8.38. The number of alkyl halides is 3. The normalized spacial score (nSPS) is 22.4. The highest BCUT2D eigenvalue weighted by Gasteiger charge is 2.32. The molecule has 18 heavy (non-hydrogen) atoms. The van der Waals surface area contributed by atoms with Crippen molar-refractivity contribution in [3.05, 3.63) is 29.3 Å². The maximum atomic E-state index is 12.5. The van der Waals surface area contributed by atoms with Crippen molar-refractivity contribution in [3.63, 3.8) is 0 Å². The van der Waals surface area contributed by atoms with E-state index in [1.807, 2.05) is 27.7 Å². The van der Waals surface area contributed by atoms with Gasteiger partial charge in [0.25, 0.3) is 0 Å². The minimum absolute atomic E-state index is 0.175. The molecule has 1 aliphatic rings. The van der Waals surface area contributed by atoms with Gasteiger partial charge in [0.15, 0.2) is 0 Å². The molecule has 0 radical (unpaired) electrons. The number of benzene rings is 1. The molecule has 1 N–H and O–H groups in total. The standard InChI is InChI=1S/C12H14F3N.C2H6/c1-7-5-8(2)16-11-4-3-9(6-10(7)11)12(13,14)15;1-2/h3-4,6-8,16H,5H2,1-2H3;1-2H3/t7-,8+;/m0./s1. The van der Waals surface area contributed by atoms with Crippen LogP contribution in [0.5, 0.6) is 0 Å². The van der Waals surface area contributed by atoms with Gasteiger partial charge < -0.3 is 5.32 Å². The minimum Gasteiger partial charge on any atom is -0.382 e. The van der Waals surface area contributed by atoms with Crippen LogP contribution in [-0.2, 0) is 6.18 Å². The van der Waals surface area contributed by atoms with Gasteiger partial charge in [-0.05, 0) is 43.0 Å². The van der Waals surface area contributed by atoms with E-state index in [1.165, 1.54) is 12.1 Å². The van der Waals surface area contributed by atoms with Gasteiger partial charge in [-0.1, -0.05) is 20.8 Å². The van der Waals surface area contributed by atoms with E-state index in [4.69, 9.17) is 0 Å². The van der Waals surface area contributed by atoms with Gasteiger partial charge in [0, 0.05) is 11.7 Å². The number of hydrogen-bond acceptors (Lipinski definition) is 1. The second-order valence-corrected chi connectivity index (χ2v) is 4.48. The van der Waals surface area contributed by atoms with Crippen molar-refractivity contribution in [2.24, 2.45) is 0 Å². The topological polar surface area (TPSA) is 12.0 Å². The summed E-state index contributed by atoms with van der Waals surface area (Å²) < 4.78 is 37.6. The average molecular weight is 259 g/mol. The highest BCUT2D eigenvalue weighted by atomic mass is 19.4. The Kier molecular flexibility index (Phi) is 4.65. The molecule has 0 unspecified atom stereocenters. The number of halogens is 3. The molecule has 0 aliphatic carbocycles. The maximum Gasteiger partial charge on any atom is 0.416 e. The summed E-state index contributed by atoms with van der Waals surface area (Å²) in [5.74, 6) is 0.175. The number of fused-ring (bicyclic) bond motifs is 1. The van der Waals surface area contributed by atoms with E-state index in [2.05, 4.69) is 5.32 Å². The summed E-state index contributed by atoms with van der Waals surface area (Å²) >= 11 is 0. The van der Waals surface area contributed by atoms with Crippen LogP contribution in [0.25, 0.3) is 0 Å². The van der Waals surface area contributed by atoms with Crippen LogP contribution in [0.3, 0.4) is 0 Å². The summed E-state index contributed by atoms with van der Waals surface area (Å²) in [5.41, 5.74) is 1.04. The second-order valence-electron chi connectivity index (χ2n) is 4.48. The zero-order valence-electron chi connectivity index (χ0n) is 11.2. The van der Waals surface area contributed by atoms with E-state index in [0.717, 1.165) is 23.7 Å². The molecule has 0 bridgehead atoms. The van der Waals surface area contributed by atoms with Crippen molar-refractivity contribution in [3.8, 4) is 0 Å². The molecule has 1 heterocycles. The Morgan fingerprint density at radius 3 is 2.33 bits per heavy atom. The lowest BCUT2D eigenvalue weighted by atomic mass is 9.88. The van der Waals surface area contributed by atoms with Crippen LogP contribution in [0.2, 0.25) is 0 Å². The molecule has 1 aromatic rings. The lowest BCUT2D eigenvalue weighted by Gasteiger charge is -2.29. The SMILES string of the molecule is CC.C[C@@H]1C[C@H](C)c2cc(C(F)(F)F)ccc2N1. The summed E-state index contributed by atoms with van der Waals surface area (Å²) in [7, 11) is 0. The largest absolute Gasteiger partial charge is 0.416 e. The predicted molar refractivity (Wildman–Crippen MR) is 68.9 cm³/mol. The molecule has 0 amide bonds. The predicted octanol–water partition coefficient (Wildman–Crippen LogP) is 5.04. The van der Waals surface area contributed by atoms with E-state index in [1.54, 1.807) is 0 Å². The van der Waals surface area contributed by atoms with E-state index in [-0.39, 0.29) is 5.92 Å². The van der Waals surface area contributed by atoms with Gasteiger partial charge in [-0.3, -0.25) is 0 Å². The molecule has 0 saturated carbocycles. The molecular weight excluding hydrogens is 239 g/mol. The van der Waals surface area contributed by atoms with Gasteiger partial charge in [-0.25, -0.2) is 0 Å². The van der Waals surface area contributed by atoms with Crippen molar-refractivity contribution in [2.75, 3.05) is 5.32 Å². The fraction of sp³-hybridized carbons (Fsp3) is 0.571. The van der Waals surface area contributed by atoms with Gasteiger partial charge in [0.1, 0.15) is 0 Å². The van der Waals surface area contributed by atoms with Crippen LogP contribution in [0.1, 0.15) is 51.2 Å². The Bertz CT molecular complexity index is 399. The molecule has 0 aromatic heterocycles. The maximum absolute atomic E-state index is 12.5. The third-order valence-electron chi connectivity index (χ3n) is 3.02. The van der Waals surface area contributed by atoms with Crippen LogP contribution in [0.4, 0.5) is 18.9 Å². The van der Waals surface area contributed by atoms with Crippen LogP contribution >= 0.6 is 0 Å². The molecule has 1 aromatic carbocycles. The van der Waals surface area contributed by atoms with Crippen molar-refractivity contribution >= 4 is 5.69 Å². The fourth-order valence-corrected chi connectivity index (χ4v) is 2.26. The Hall–Kier alpha value is -1.19. The Balaban J connectivity index is 0.000000771. The van der Waals surface area contributed by atoms with Gasteiger partial charge in [0.05, 0.1) is 5.56 Å². The Morgan fingerprint density at radius 2 is 1.78 bits per heavy atom. The van der Waals surface area contributed by atoms with Crippen molar-refractivity contribution in [1.82, 2.24) is 0 Å². The monoisotopic (exact) mass is 259 g/mol. The third kappa shape index (κ3) is 3.18. The van der Waals surface area contributed by atoms with Crippen LogP contribution < -0.4 is 5.32 Å². The zero-order valence-corrected chi connectivity index (χ0v) is 11.2. The first-order valence-corrected chi connectivity index (χ1v) is 6.35. The number of nitrogens with one attached hydrogen (secondary N) is 1. The Labute approximate surface area is 106 Å². The summed E-state index contributed by atoms with van der Waals surface area (Å²) in [6.07, 6.45) is -3.38. The highest BCUT2D eigenvalue weighted by Crippen LogP contribution is 2.38. The van der Waals surface area contributed by atoms with E-state index >= 15 is 0 Å². The summed E-state index contributed by atoms with van der Waals surface area (Å²) in [6.45, 7) is 8.01. The molecule has 1 aliphatic heterocycles. The lowest BCUT2D eigenvalue weighted by Crippen LogP contribution is -2.24. The first-order valence-electron chi connectivity index (χ1n) is 6.35. The zero-order chi connectivity index (χ0) is 13.9. The smallest absolute Gasteiger partial charge is 0.382 e. The van der Waals surface area contributed by atoms with Crippen molar-refractivity contribution in [1.29, 1.82) is 0 Å². The van der Waals surface area contributed by atoms with Gasteiger partial charge in [-0.15, -0.1) is 0 Å². The quantitative estimate of drug-likeness (QED) is 0.688. The molecule has 2 rings (SSSR count). The van der Waals surface area contributed by atoms with Crippen LogP contribution in [0, 0.1) is 0 Å². The lowest BCUT2D eigenvalue weighted by molar-refractivity contribution is -0.137. The van der Waals surface area contributed by atoms with E-state index in [9.17, 15) is 13.2 Å². The molecule has 102 valence electrons. The molecule has 0 fully saturated rings. The summed E-state index contributed by atoms with van der Waals surface area (Å²) in [4.78, 5) is 0. The van der Waals surface area contributed by atoms with Crippen LogP contribution in [-0.4, -0.2) is 6.04 Å². The number of anilines is 1. The minimum atomic E-state index is -4.25. The van der Waals surface area contributed by atoms with Gasteiger partial charge in [0.2, 0.25) is 0 Å². The molecule has 0 spiro atoms. The molecule has 1 nitrogen and oxygen atoms in total. The van der Waals surface area contributed by atoms with Gasteiger partial charge >= 0.3 is 6.18 Å². The molecule has 2 atom stereocenters. The fourth-order valence-electron chi connectivity index (χ4n) is 2.26. The molecule has 4 heteroatoms. The Morgan fingerprint density at radius 1 is 1.17 bits per heavy atom. The van der Waals surface area contributed by atoms with E-state index < -0.39 is 11.7 Å². The average Bonchev–Trinajstić information content (AvgIpc) is 2.29. The summed E-state index contributed by atoms with van der Waals surface area (Å²) in [6, 6.07) is 4.25. The van der Waals surface area contributed by atoms with Crippen LogP contribution in [0.15, 0.2) is 18.2 Å². The third-order valence-corrected chi connectivity index (χ3v) is 3.02. The van der Waals surface area contributed by atoms with Crippen molar-refractivity contribution in [2.45, 2.75) is 52.3 Å². The number of rotatable bonds is 0. The van der Waals surface area contributed by atoms with E-state index in [0.29, 0.717) is 6.04 Å². The number of hydrogen-bond donors (Lipinski definition) is 1. The second kappa shape index (κ2) is 5.63. The first kappa shape index (κ1) is 14.9. The van der Waals surface area contributed by atoms with Crippen molar-refractivity contribution < 1.29 is 13.2 Å². The molecular formula is C14H20F3N.